The van der Waals surface area contributed by atoms with Crippen LogP contribution >= 0.6 is 0 Å². The lowest BCUT2D eigenvalue weighted by atomic mass is 10.2. The molecule has 128 valence electrons. The number of carboxylic acids is 1. The molecule has 0 bridgehead atoms. The highest BCUT2D eigenvalue weighted by Gasteiger charge is 2.22. The van der Waals surface area contributed by atoms with Gasteiger partial charge in [-0.1, -0.05) is 12.1 Å². The van der Waals surface area contributed by atoms with E-state index in [4.69, 9.17) is 14.6 Å². The second-order valence-corrected chi connectivity index (χ2v) is 5.95. The van der Waals surface area contributed by atoms with Gasteiger partial charge in [-0.3, -0.25) is 14.4 Å². The number of aromatic nitrogens is 2. The molecule has 7 heteroatoms. The zero-order valence-corrected chi connectivity index (χ0v) is 13.6. The van der Waals surface area contributed by atoms with Crippen LogP contribution in [-0.2, 0) is 17.9 Å². The van der Waals surface area contributed by atoms with Crippen molar-refractivity contribution in [3.05, 3.63) is 42.2 Å². The Balaban J connectivity index is 1.49. The van der Waals surface area contributed by atoms with Crippen molar-refractivity contribution in [1.29, 1.82) is 0 Å². The molecule has 0 saturated heterocycles. The fraction of sp³-hybridized carbons (Fsp3) is 0.412. The molecule has 1 aromatic heterocycles. The monoisotopic (exact) mass is 331 g/mol. The molecule has 1 aliphatic rings. The van der Waals surface area contributed by atoms with Crippen molar-refractivity contribution in [2.45, 2.75) is 25.6 Å². The van der Waals surface area contributed by atoms with E-state index in [1.807, 2.05) is 37.5 Å². The highest BCUT2D eigenvalue weighted by atomic mass is 16.6. The molecule has 3 rings (SSSR count). The summed E-state index contributed by atoms with van der Waals surface area (Å²) in [6, 6.07) is 7.67. The molecule has 1 N–H and O–H groups in total. The lowest BCUT2D eigenvalue weighted by molar-refractivity contribution is -0.137. The van der Waals surface area contributed by atoms with Gasteiger partial charge in [0.15, 0.2) is 11.5 Å². The summed E-state index contributed by atoms with van der Waals surface area (Å²) in [6.45, 7) is 2.36. The number of likely N-dealkylation sites (N-methyl/N-ethyl adjacent to an activating group) is 1. The first-order valence-electron chi connectivity index (χ1n) is 7.90. The van der Waals surface area contributed by atoms with Crippen molar-refractivity contribution >= 4 is 5.97 Å². The van der Waals surface area contributed by atoms with Crippen LogP contribution in [0, 0.1) is 0 Å². The maximum Gasteiger partial charge on any atom is 0.305 e. The number of carbonyl (C=O) groups is 1. The Bertz CT molecular complexity index is 701. The lowest BCUT2D eigenvalue weighted by Gasteiger charge is -2.29. The van der Waals surface area contributed by atoms with Gasteiger partial charge in [-0.25, -0.2) is 0 Å². The molecule has 0 fully saturated rings. The third-order valence-electron chi connectivity index (χ3n) is 3.78. The molecule has 1 aliphatic heterocycles. The Morgan fingerprint density at radius 3 is 3.00 bits per heavy atom. The number of para-hydroxylation sites is 2. The number of rotatable bonds is 7. The Labute approximate surface area is 140 Å². The van der Waals surface area contributed by atoms with Gasteiger partial charge in [0.05, 0.1) is 19.2 Å². The summed E-state index contributed by atoms with van der Waals surface area (Å²) >= 11 is 0. The molecule has 0 amide bonds. The van der Waals surface area contributed by atoms with Gasteiger partial charge in [0.2, 0.25) is 0 Å². The SMILES string of the molecule is CN(Cc1cnn(CCC(=O)O)c1)CC1COc2ccccc2O1. The minimum absolute atomic E-state index is 0.0213. The van der Waals surface area contributed by atoms with Gasteiger partial charge in [-0.15, -0.1) is 0 Å². The van der Waals surface area contributed by atoms with Crippen molar-refractivity contribution in [1.82, 2.24) is 14.7 Å². The van der Waals surface area contributed by atoms with Crippen LogP contribution in [0.5, 0.6) is 11.5 Å². The van der Waals surface area contributed by atoms with Gasteiger partial charge in [-0.05, 0) is 19.2 Å². The maximum absolute atomic E-state index is 10.6. The first kappa shape index (κ1) is 16.3. The van der Waals surface area contributed by atoms with Crippen molar-refractivity contribution < 1.29 is 19.4 Å². The second kappa shape index (κ2) is 7.35. The largest absolute Gasteiger partial charge is 0.486 e. The van der Waals surface area contributed by atoms with Gasteiger partial charge in [-0.2, -0.15) is 5.10 Å². The predicted octanol–water partition coefficient (Wildman–Crippen LogP) is 1.63. The van der Waals surface area contributed by atoms with Crippen molar-refractivity contribution in [2.24, 2.45) is 0 Å². The summed E-state index contributed by atoms with van der Waals surface area (Å²) in [4.78, 5) is 12.7. The average Bonchev–Trinajstić information content (AvgIpc) is 3.00. The topological polar surface area (TPSA) is 76.8 Å². The summed E-state index contributed by atoms with van der Waals surface area (Å²) < 4.78 is 13.3. The van der Waals surface area contributed by atoms with E-state index in [1.54, 1.807) is 10.9 Å². The average molecular weight is 331 g/mol. The molecule has 0 aliphatic carbocycles. The van der Waals surface area contributed by atoms with Crippen LogP contribution < -0.4 is 9.47 Å². The van der Waals surface area contributed by atoms with E-state index < -0.39 is 5.97 Å². The van der Waals surface area contributed by atoms with Crippen LogP contribution in [-0.4, -0.2) is 52.1 Å². The Kier molecular flexibility index (Phi) is 5.00. The minimum Gasteiger partial charge on any atom is -0.486 e. The molecule has 24 heavy (non-hydrogen) atoms. The van der Waals surface area contributed by atoms with E-state index in [-0.39, 0.29) is 12.5 Å². The van der Waals surface area contributed by atoms with Gasteiger partial charge < -0.3 is 14.6 Å². The molecular formula is C17H21N3O4. The second-order valence-electron chi connectivity index (χ2n) is 5.95. The van der Waals surface area contributed by atoms with E-state index in [9.17, 15) is 4.79 Å². The zero-order chi connectivity index (χ0) is 16.9. The van der Waals surface area contributed by atoms with Gasteiger partial charge in [0, 0.05) is 24.8 Å². The zero-order valence-electron chi connectivity index (χ0n) is 13.6. The quantitative estimate of drug-likeness (QED) is 0.831. The number of fused-ring (bicyclic) bond motifs is 1. The number of carboxylic acid groups (broad SMARTS) is 1. The van der Waals surface area contributed by atoms with E-state index in [2.05, 4.69) is 10.00 Å². The number of aliphatic carboxylic acids is 1. The Morgan fingerprint density at radius 1 is 1.42 bits per heavy atom. The van der Waals surface area contributed by atoms with Gasteiger partial charge in [0.1, 0.15) is 12.7 Å². The molecule has 1 aromatic carbocycles. The molecule has 2 aromatic rings. The van der Waals surface area contributed by atoms with Crippen LogP contribution in [0.15, 0.2) is 36.7 Å². The third kappa shape index (κ3) is 4.26. The molecule has 1 atom stereocenters. The number of hydrogen-bond acceptors (Lipinski definition) is 5. The van der Waals surface area contributed by atoms with E-state index in [0.29, 0.717) is 19.7 Å². The lowest BCUT2D eigenvalue weighted by Crippen LogP contribution is -2.39. The number of aryl methyl sites for hydroxylation is 1. The summed E-state index contributed by atoms with van der Waals surface area (Å²) in [5, 5.41) is 12.9. The molecule has 7 nitrogen and oxygen atoms in total. The molecular weight excluding hydrogens is 310 g/mol. The molecule has 1 unspecified atom stereocenters. The normalized spacial score (nSPS) is 16.3. The van der Waals surface area contributed by atoms with Crippen molar-refractivity contribution in [2.75, 3.05) is 20.2 Å². The van der Waals surface area contributed by atoms with Crippen LogP contribution in [0.1, 0.15) is 12.0 Å². The summed E-state index contributed by atoms with van der Waals surface area (Å²) in [5.74, 6) is 0.749. The van der Waals surface area contributed by atoms with Gasteiger partial charge in [0.25, 0.3) is 0 Å². The van der Waals surface area contributed by atoms with Crippen LogP contribution in [0.3, 0.4) is 0 Å². The first-order valence-corrected chi connectivity index (χ1v) is 7.90. The summed E-state index contributed by atoms with van der Waals surface area (Å²) in [7, 11) is 2.01. The minimum atomic E-state index is -0.820. The predicted molar refractivity (Wildman–Crippen MR) is 87.2 cm³/mol. The maximum atomic E-state index is 10.6. The standard InChI is InChI=1S/C17H21N3O4/c1-19(9-13-8-18-20(10-13)7-6-17(21)22)11-14-12-23-15-4-2-3-5-16(15)24-14/h2-5,8,10,14H,6-7,9,11-12H2,1H3,(H,21,22). The Morgan fingerprint density at radius 2 is 2.21 bits per heavy atom. The summed E-state index contributed by atoms with van der Waals surface area (Å²) in [6.07, 6.45) is 3.70. The van der Waals surface area contributed by atoms with E-state index in [0.717, 1.165) is 23.6 Å². The fourth-order valence-electron chi connectivity index (χ4n) is 2.70. The smallest absolute Gasteiger partial charge is 0.305 e. The molecule has 0 radical (unpaired) electrons. The number of hydrogen-bond donors (Lipinski definition) is 1. The fourth-order valence-corrected chi connectivity index (χ4v) is 2.70. The highest BCUT2D eigenvalue weighted by molar-refractivity contribution is 5.66. The first-order chi connectivity index (χ1) is 11.6. The van der Waals surface area contributed by atoms with Gasteiger partial charge >= 0.3 is 5.97 Å². The summed E-state index contributed by atoms with van der Waals surface area (Å²) in [5.41, 5.74) is 1.04. The van der Waals surface area contributed by atoms with Crippen LogP contribution in [0.4, 0.5) is 0 Å². The molecule has 0 saturated carbocycles. The number of ether oxygens (including phenoxy) is 2. The molecule has 2 heterocycles. The number of nitrogens with zero attached hydrogens (tertiary/aromatic N) is 3. The highest BCUT2D eigenvalue weighted by Crippen LogP contribution is 2.30. The van der Waals surface area contributed by atoms with E-state index in [1.165, 1.54) is 0 Å². The van der Waals surface area contributed by atoms with Crippen molar-refractivity contribution in [3.8, 4) is 11.5 Å². The van der Waals surface area contributed by atoms with E-state index >= 15 is 0 Å². The van der Waals surface area contributed by atoms with Crippen LogP contribution in [0.2, 0.25) is 0 Å². The van der Waals surface area contributed by atoms with Crippen LogP contribution in [0.25, 0.3) is 0 Å². The molecule has 0 spiro atoms. The third-order valence-corrected chi connectivity index (χ3v) is 3.78. The number of benzene rings is 1. The Hall–Kier alpha value is -2.54. The van der Waals surface area contributed by atoms with Crippen molar-refractivity contribution in [3.63, 3.8) is 0 Å².